The first-order chi connectivity index (χ1) is 14.4. The number of hydrogen-bond acceptors (Lipinski definition) is 6. The van der Waals surface area contributed by atoms with Gasteiger partial charge in [0.1, 0.15) is 0 Å². The molecule has 8 heteroatoms. The largest absolute Gasteiger partial charge is 0.465 e. The molecule has 8 nitrogen and oxygen atoms in total. The Hall–Kier alpha value is -2.64. The molecule has 0 aromatic carbocycles. The van der Waals surface area contributed by atoms with Crippen LogP contribution in [0.1, 0.15) is 38.1 Å². The average Bonchev–Trinajstić information content (AvgIpc) is 3.49. The van der Waals surface area contributed by atoms with Crippen molar-refractivity contribution in [3.8, 4) is 0 Å². The molecule has 30 heavy (non-hydrogen) atoms. The third-order valence-electron chi connectivity index (χ3n) is 6.28. The van der Waals surface area contributed by atoms with Crippen molar-refractivity contribution in [3.05, 3.63) is 36.4 Å². The van der Waals surface area contributed by atoms with Gasteiger partial charge in [-0.1, -0.05) is 13.8 Å². The molecule has 0 aliphatic carbocycles. The molecule has 4 rings (SSSR count). The van der Waals surface area contributed by atoms with Gasteiger partial charge in [-0.2, -0.15) is 0 Å². The van der Waals surface area contributed by atoms with Crippen molar-refractivity contribution in [3.63, 3.8) is 0 Å². The summed E-state index contributed by atoms with van der Waals surface area (Å²) in [7, 11) is 3.95. The highest BCUT2D eigenvalue weighted by Crippen LogP contribution is 2.28. The predicted molar refractivity (Wildman–Crippen MR) is 110 cm³/mol. The predicted octanol–water partition coefficient (Wildman–Crippen LogP) is 2.32. The molecule has 0 spiro atoms. The number of esters is 2. The van der Waals surface area contributed by atoms with Crippen LogP contribution in [0.2, 0.25) is 0 Å². The van der Waals surface area contributed by atoms with Crippen molar-refractivity contribution in [1.82, 2.24) is 19.1 Å². The van der Waals surface area contributed by atoms with Crippen molar-refractivity contribution in [2.24, 2.45) is 37.8 Å². The highest BCUT2D eigenvalue weighted by Gasteiger charge is 2.36. The third kappa shape index (κ3) is 4.91. The molecule has 0 radical (unpaired) electrons. The number of nitrogens with zero attached hydrogens (tertiary/aromatic N) is 4. The first kappa shape index (κ1) is 22.1. The number of aryl methyl sites for hydroxylation is 2. The number of carbonyl (C=O) groups excluding carboxylic acids is 2. The highest BCUT2D eigenvalue weighted by atomic mass is 16.5. The fourth-order valence-electron chi connectivity index (χ4n) is 4.31. The normalized spacial score (nSPS) is 25.6. The maximum atomic E-state index is 11.4. The molecule has 2 fully saturated rings. The molecule has 2 saturated heterocycles. The fourth-order valence-corrected chi connectivity index (χ4v) is 4.31. The van der Waals surface area contributed by atoms with Crippen molar-refractivity contribution >= 4 is 11.9 Å². The zero-order valence-electron chi connectivity index (χ0n) is 18.3. The maximum Gasteiger partial charge on any atom is 0.309 e. The molecule has 0 amide bonds. The average molecular weight is 417 g/mol. The van der Waals surface area contributed by atoms with Crippen molar-refractivity contribution in [1.29, 1.82) is 0 Å². The van der Waals surface area contributed by atoms with Crippen molar-refractivity contribution in [2.45, 2.75) is 39.5 Å². The number of cyclic esters (lactones) is 2. The van der Waals surface area contributed by atoms with Crippen LogP contribution in [0.3, 0.4) is 0 Å². The van der Waals surface area contributed by atoms with Gasteiger partial charge in [0.2, 0.25) is 0 Å². The van der Waals surface area contributed by atoms with Gasteiger partial charge in [-0.05, 0) is 25.7 Å². The summed E-state index contributed by atoms with van der Waals surface area (Å²) in [5.74, 6) is 0.699. The summed E-state index contributed by atoms with van der Waals surface area (Å²) in [6.07, 6.45) is 10.8. The second-order valence-corrected chi connectivity index (χ2v) is 8.21. The third-order valence-corrected chi connectivity index (χ3v) is 6.28. The molecule has 2 aliphatic rings. The van der Waals surface area contributed by atoms with E-state index in [4.69, 9.17) is 9.47 Å². The van der Waals surface area contributed by atoms with Crippen LogP contribution in [0.5, 0.6) is 0 Å². The van der Waals surface area contributed by atoms with Crippen LogP contribution in [0, 0.1) is 23.7 Å². The molecule has 0 unspecified atom stereocenters. The van der Waals surface area contributed by atoms with Crippen molar-refractivity contribution < 1.29 is 19.1 Å². The number of hydrogen-bond donors (Lipinski definition) is 0. The first-order valence-electron chi connectivity index (χ1n) is 10.7. The summed E-state index contributed by atoms with van der Waals surface area (Å²) < 4.78 is 14.2. The number of carbonyl (C=O) groups is 2. The summed E-state index contributed by atoms with van der Waals surface area (Å²) in [6.45, 7) is 5.19. The summed E-state index contributed by atoms with van der Waals surface area (Å²) in [6, 6.07) is 0. The van der Waals surface area contributed by atoms with Gasteiger partial charge in [0.05, 0.1) is 37.7 Å². The van der Waals surface area contributed by atoms with Crippen LogP contribution in [-0.2, 0) is 46.0 Å². The molecule has 2 aromatic rings. The van der Waals surface area contributed by atoms with Crippen LogP contribution in [-0.4, -0.2) is 44.3 Å². The molecule has 2 aromatic heterocycles. The molecule has 4 heterocycles. The van der Waals surface area contributed by atoms with Crippen LogP contribution >= 0.6 is 0 Å². The monoisotopic (exact) mass is 416 g/mol. The Bertz CT molecular complexity index is 789. The lowest BCUT2D eigenvalue weighted by Gasteiger charge is -2.12. The van der Waals surface area contributed by atoms with E-state index < -0.39 is 0 Å². The van der Waals surface area contributed by atoms with Crippen LogP contribution in [0.4, 0.5) is 0 Å². The van der Waals surface area contributed by atoms with Gasteiger partial charge in [-0.25, -0.2) is 9.97 Å². The number of aromatic nitrogens is 4. The molecule has 2 aliphatic heterocycles. The van der Waals surface area contributed by atoms with Crippen LogP contribution < -0.4 is 0 Å². The molecule has 164 valence electrons. The summed E-state index contributed by atoms with van der Waals surface area (Å²) in [5.41, 5.74) is 2.33. The van der Waals surface area contributed by atoms with E-state index in [1.165, 1.54) is 0 Å². The minimum Gasteiger partial charge on any atom is -0.465 e. The molecule has 0 N–H and O–H groups in total. The summed E-state index contributed by atoms with van der Waals surface area (Å²) >= 11 is 0. The van der Waals surface area contributed by atoms with E-state index in [0.717, 1.165) is 37.1 Å². The van der Waals surface area contributed by atoms with E-state index in [-0.39, 0.29) is 23.8 Å². The van der Waals surface area contributed by atoms with E-state index >= 15 is 0 Å². The van der Waals surface area contributed by atoms with Gasteiger partial charge < -0.3 is 18.6 Å². The van der Waals surface area contributed by atoms with Gasteiger partial charge in [0, 0.05) is 49.7 Å². The molecule has 4 atom stereocenters. The van der Waals surface area contributed by atoms with Gasteiger partial charge in [0.15, 0.2) is 0 Å². The van der Waals surface area contributed by atoms with E-state index in [0.29, 0.717) is 25.0 Å². The number of rotatable bonds is 6. The topological polar surface area (TPSA) is 88.2 Å². The number of ether oxygens (including phenoxy) is 2. The van der Waals surface area contributed by atoms with E-state index in [2.05, 4.69) is 9.97 Å². The van der Waals surface area contributed by atoms with E-state index in [1.807, 2.05) is 49.5 Å². The molecular weight excluding hydrogens is 384 g/mol. The molecule has 0 saturated carbocycles. The highest BCUT2D eigenvalue weighted by molar-refractivity contribution is 5.75. The maximum absolute atomic E-state index is 11.4. The van der Waals surface area contributed by atoms with E-state index in [9.17, 15) is 9.59 Å². The van der Waals surface area contributed by atoms with Gasteiger partial charge in [-0.15, -0.1) is 0 Å². The summed E-state index contributed by atoms with van der Waals surface area (Å²) in [5, 5.41) is 0. The number of imidazole rings is 2. The fraction of sp³-hybridized carbons (Fsp3) is 0.636. The summed E-state index contributed by atoms with van der Waals surface area (Å²) in [4.78, 5) is 30.9. The SMILES string of the molecule is CC[C@@H]1C(=O)OC[C@@H]1Cc1cncn1C.CC[C@@H]1C(=O)OC[C@@H]1Cc1cncn1C. The minimum absolute atomic E-state index is 0.0373. The van der Waals surface area contributed by atoms with Gasteiger partial charge in [-0.3, -0.25) is 9.59 Å². The molecule has 0 bridgehead atoms. The van der Waals surface area contributed by atoms with E-state index in [1.54, 1.807) is 12.7 Å². The lowest BCUT2D eigenvalue weighted by Crippen LogP contribution is -2.18. The Morgan fingerprint density at radius 2 is 1.23 bits per heavy atom. The zero-order valence-corrected chi connectivity index (χ0v) is 18.3. The van der Waals surface area contributed by atoms with Crippen LogP contribution in [0.15, 0.2) is 25.0 Å². The first-order valence-corrected chi connectivity index (χ1v) is 10.7. The second kappa shape index (κ2) is 9.91. The quantitative estimate of drug-likeness (QED) is 0.672. The molecular formula is C22H32N4O4. The smallest absolute Gasteiger partial charge is 0.309 e. The second-order valence-electron chi connectivity index (χ2n) is 8.21. The Balaban J connectivity index is 0.000000171. The van der Waals surface area contributed by atoms with Gasteiger partial charge >= 0.3 is 11.9 Å². The zero-order chi connectivity index (χ0) is 21.7. The minimum atomic E-state index is -0.0373. The van der Waals surface area contributed by atoms with Crippen molar-refractivity contribution in [2.75, 3.05) is 13.2 Å². The van der Waals surface area contributed by atoms with Gasteiger partial charge in [0.25, 0.3) is 0 Å². The lowest BCUT2D eigenvalue weighted by molar-refractivity contribution is -0.142. The standard InChI is InChI=1S/2C11H16N2O2/c2*1-3-10-8(6-15-11(10)14)4-9-5-12-7-13(9)2/h2*5,7-8,10H,3-4,6H2,1-2H3/t2*8-,10-/m00/s1. The van der Waals surface area contributed by atoms with Crippen LogP contribution in [0.25, 0.3) is 0 Å². The Morgan fingerprint density at radius 3 is 1.53 bits per heavy atom. The Morgan fingerprint density at radius 1 is 0.833 bits per heavy atom. The Kier molecular flexibility index (Phi) is 7.29. The Labute approximate surface area is 177 Å². The lowest BCUT2D eigenvalue weighted by atomic mass is 9.89.